The van der Waals surface area contributed by atoms with E-state index in [1.165, 1.54) is 0 Å². The molecule has 0 saturated heterocycles. The summed E-state index contributed by atoms with van der Waals surface area (Å²) in [7, 11) is 0. The van der Waals surface area contributed by atoms with Gasteiger partial charge < -0.3 is 14.6 Å². The van der Waals surface area contributed by atoms with Gasteiger partial charge in [0, 0.05) is 10.0 Å². The van der Waals surface area contributed by atoms with Crippen LogP contribution in [0, 0.1) is 6.92 Å². The van der Waals surface area contributed by atoms with Gasteiger partial charge >= 0.3 is 5.97 Å². The van der Waals surface area contributed by atoms with Crippen LogP contribution in [0.5, 0.6) is 11.5 Å². The van der Waals surface area contributed by atoms with Gasteiger partial charge in [-0.3, -0.25) is 4.79 Å². The van der Waals surface area contributed by atoms with Crippen LogP contribution in [0.1, 0.15) is 24.0 Å². The van der Waals surface area contributed by atoms with E-state index in [4.69, 9.17) is 9.47 Å². The van der Waals surface area contributed by atoms with Gasteiger partial charge in [0.1, 0.15) is 13.2 Å². The molecule has 3 rings (SSSR count). The number of carboxylic acid groups (broad SMARTS) is 1. The van der Waals surface area contributed by atoms with Crippen molar-refractivity contribution in [2.45, 2.75) is 25.2 Å². The lowest BCUT2D eigenvalue weighted by molar-refractivity contribution is -0.140. The molecule has 0 aromatic heterocycles. The van der Waals surface area contributed by atoms with E-state index in [1.54, 1.807) is 0 Å². The zero-order valence-corrected chi connectivity index (χ0v) is 11.5. The van der Waals surface area contributed by atoms with E-state index >= 15 is 0 Å². The normalized spacial score (nSPS) is 19.4. The second kappa shape index (κ2) is 3.88. The van der Waals surface area contributed by atoms with Crippen molar-refractivity contribution in [2.75, 3.05) is 13.2 Å². The van der Waals surface area contributed by atoms with E-state index in [9.17, 15) is 9.90 Å². The molecule has 18 heavy (non-hydrogen) atoms. The van der Waals surface area contributed by atoms with Crippen LogP contribution in [-0.2, 0) is 10.2 Å². The van der Waals surface area contributed by atoms with Gasteiger partial charge in [-0.15, -0.1) is 0 Å². The maximum absolute atomic E-state index is 11.4. The summed E-state index contributed by atoms with van der Waals surface area (Å²) >= 11 is 3.50. The standard InChI is InChI=1S/C13H13BrO4/c1-7-10(14)8(13(2-3-13)12(15)16)6-9-11(7)18-5-4-17-9/h6H,2-5H2,1H3,(H,15,16). The van der Waals surface area contributed by atoms with Crippen LogP contribution in [0.2, 0.25) is 0 Å². The average molecular weight is 313 g/mol. The molecule has 0 radical (unpaired) electrons. The van der Waals surface area contributed by atoms with Gasteiger partial charge in [-0.1, -0.05) is 15.9 Å². The van der Waals surface area contributed by atoms with E-state index in [2.05, 4.69) is 15.9 Å². The number of hydrogen-bond acceptors (Lipinski definition) is 3. The number of fused-ring (bicyclic) bond motifs is 1. The lowest BCUT2D eigenvalue weighted by Crippen LogP contribution is -2.22. The van der Waals surface area contributed by atoms with Gasteiger partial charge in [-0.25, -0.2) is 0 Å². The van der Waals surface area contributed by atoms with Gasteiger partial charge in [-0.2, -0.15) is 0 Å². The highest BCUT2D eigenvalue weighted by molar-refractivity contribution is 9.10. The predicted octanol–water partition coefficient (Wildman–Crippen LogP) is 2.64. The third-order valence-corrected chi connectivity index (χ3v) is 4.69. The molecule has 1 aromatic carbocycles. The molecule has 1 aliphatic carbocycles. The molecule has 4 nitrogen and oxygen atoms in total. The molecule has 0 bridgehead atoms. The van der Waals surface area contributed by atoms with E-state index < -0.39 is 11.4 Å². The Morgan fingerprint density at radius 3 is 2.67 bits per heavy atom. The Hall–Kier alpha value is -1.23. The Morgan fingerprint density at radius 1 is 1.39 bits per heavy atom. The average Bonchev–Trinajstić information content (AvgIpc) is 3.15. The van der Waals surface area contributed by atoms with E-state index in [0.29, 0.717) is 31.8 Å². The lowest BCUT2D eigenvalue weighted by atomic mass is 9.93. The molecule has 1 fully saturated rings. The molecule has 0 unspecified atom stereocenters. The van der Waals surface area contributed by atoms with Crippen molar-refractivity contribution >= 4 is 21.9 Å². The van der Waals surface area contributed by atoms with Crippen LogP contribution >= 0.6 is 15.9 Å². The van der Waals surface area contributed by atoms with Crippen LogP contribution in [0.15, 0.2) is 10.5 Å². The molecule has 0 spiro atoms. The van der Waals surface area contributed by atoms with Crippen molar-refractivity contribution in [3.63, 3.8) is 0 Å². The summed E-state index contributed by atoms with van der Waals surface area (Å²) < 4.78 is 12.0. The quantitative estimate of drug-likeness (QED) is 0.912. The number of benzene rings is 1. The maximum Gasteiger partial charge on any atom is 0.314 e. The summed E-state index contributed by atoms with van der Waals surface area (Å²) in [5.41, 5.74) is 0.978. The first-order valence-electron chi connectivity index (χ1n) is 5.89. The Balaban J connectivity index is 2.17. The lowest BCUT2D eigenvalue weighted by Gasteiger charge is -2.24. The Morgan fingerprint density at radius 2 is 2.06 bits per heavy atom. The smallest absolute Gasteiger partial charge is 0.314 e. The van der Waals surface area contributed by atoms with Gasteiger partial charge in [0.15, 0.2) is 11.5 Å². The fourth-order valence-corrected chi connectivity index (χ4v) is 3.07. The summed E-state index contributed by atoms with van der Waals surface area (Å²) in [6, 6.07) is 1.81. The minimum atomic E-state index is -0.765. The fourth-order valence-electron chi connectivity index (χ4n) is 2.40. The van der Waals surface area contributed by atoms with E-state index in [1.807, 2.05) is 13.0 Å². The van der Waals surface area contributed by atoms with Crippen molar-refractivity contribution in [1.82, 2.24) is 0 Å². The molecule has 1 saturated carbocycles. The highest BCUT2D eigenvalue weighted by Gasteiger charge is 2.53. The first-order chi connectivity index (χ1) is 8.56. The fraction of sp³-hybridized carbons (Fsp3) is 0.462. The number of aliphatic carboxylic acids is 1. The number of ether oxygens (including phenoxy) is 2. The van der Waals surface area contributed by atoms with Crippen LogP contribution in [0.25, 0.3) is 0 Å². The minimum absolute atomic E-state index is 0.508. The Bertz CT molecular complexity index is 534. The molecular weight excluding hydrogens is 300 g/mol. The summed E-state index contributed by atoms with van der Waals surface area (Å²) in [6.07, 6.45) is 1.36. The predicted molar refractivity (Wildman–Crippen MR) is 68.4 cm³/mol. The van der Waals surface area contributed by atoms with Gasteiger partial charge in [0.05, 0.1) is 5.41 Å². The second-order valence-electron chi connectivity index (χ2n) is 4.77. The molecule has 1 aliphatic heterocycles. The number of carboxylic acids is 1. The van der Waals surface area contributed by atoms with Crippen LogP contribution in [0.3, 0.4) is 0 Å². The highest BCUT2D eigenvalue weighted by atomic mass is 79.9. The number of hydrogen-bond donors (Lipinski definition) is 1. The van der Waals surface area contributed by atoms with Crippen molar-refractivity contribution < 1.29 is 19.4 Å². The van der Waals surface area contributed by atoms with Crippen LogP contribution in [0.4, 0.5) is 0 Å². The van der Waals surface area contributed by atoms with Crippen LogP contribution in [-0.4, -0.2) is 24.3 Å². The Kier molecular flexibility index (Phi) is 2.55. The molecule has 96 valence electrons. The zero-order valence-electron chi connectivity index (χ0n) is 9.96. The molecule has 1 aromatic rings. The van der Waals surface area contributed by atoms with Gasteiger partial charge in [-0.05, 0) is 31.4 Å². The van der Waals surface area contributed by atoms with Crippen molar-refractivity contribution in [3.8, 4) is 11.5 Å². The SMILES string of the molecule is Cc1c(Br)c(C2(C(=O)O)CC2)cc2c1OCCO2. The van der Waals surface area contributed by atoms with Gasteiger partial charge in [0.25, 0.3) is 0 Å². The monoisotopic (exact) mass is 312 g/mol. The summed E-state index contributed by atoms with van der Waals surface area (Å²) in [6.45, 7) is 2.95. The summed E-state index contributed by atoms with van der Waals surface area (Å²) in [5.74, 6) is 0.613. The minimum Gasteiger partial charge on any atom is -0.486 e. The summed E-state index contributed by atoms with van der Waals surface area (Å²) in [4.78, 5) is 11.4. The Labute approximate surface area is 113 Å². The number of halogens is 1. The van der Waals surface area contributed by atoms with Crippen LogP contribution < -0.4 is 9.47 Å². The third kappa shape index (κ3) is 1.53. The first kappa shape index (κ1) is 11.8. The molecule has 1 N–H and O–H groups in total. The third-order valence-electron chi connectivity index (χ3n) is 3.67. The zero-order chi connectivity index (χ0) is 12.9. The first-order valence-corrected chi connectivity index (χ1v) is 6.68. The van der Waals surface area contributed by atoms with Gasteiger partial charge in [0.2, 0.25) is 0 Å². The number of carbonyl (C=O) groups is 1. The van der Waals surface area contributed by atoms with Crippen molar-refractivity contribution in [3.05, 3.63) is 21.7 Å². The largest absolute Gasteiger partial charge is 0.486 e. The maximum atomic E-state index is 11.4. The highest BCUT2D eigenvalue weighted by Crippen LogP contribution is 2.54. The summed E-state index contributed by atoms with van der Waals surface area (Å²) in [5, 5.41) is 9.38. The topological polar surface area (TPSA) is 55.8 Å². The molecule has 5 heteroatoms. The number of rotatable bonds is 2. The van der Waals surface area contributed by atoms with E-state index in [-0.39, 0.29) is 0 Å². The van der Waals surface area contributed by atoms with Crippen molar-refractivity contribution in [2.24, 2.45) is 0 Å². The van der Waals surface area contributed by atoms with E-state index in [0.717, 1.165) is 21.3 Å². The molecule has 0 atom stereocenters. The van der Waals surface area contributed by atoms with Crippen molar-refractivity contribution in [1.29, 1.82) is 0 Å². The molecule has 0 amide bonds. The molecule has 2 aliphatic rings. The molecule has 1 heterocycles. The molecular formula is C13H13BrO4. The second-order valence-corrected chi connectivity index (χ2v) is 5.57.